The average Bonchev–Trinajstić information content (AvgIpc) is 3.26. The van der Waals surface area contributed by atoms with Crippen LogP contribution in [0.1, 0.15) is 17.2 Å². The molecule has 0 bridgehead atoms. The normalized spacial score (nSPS) is 16.1. The van der Waals surface area contributed by atoms with Crippen molar-refractivity contribution < 1.29 is 17.9 Å². The molecule has 0 aliphatic carbocycles. The summed E-state index contributed by atoms with van der Waals surface area (Å²) in [6.45, 7) is 0.889. The van der Waals surface area contributed by atoms with Crippen LogP contribution >= 0.6 is 0 Å². The quantitative estimate of drug-likeness (QED) is 0.389. The van der Waals surface area contributed by atoms with Gasteiger partial charge in [-0.1, -0.05) is 18.2 Å². The minimum absolute atomic E-state index is 0.0588. The van der Waals surface area contributed by atoms with E-state index in [2.05, 4.69) is 25.6 Å². The first-order valence-electron chi connectivity index (χ1n) is 11.2. The van der Waals surface area contributed by atoms with Gasteiger partial charge in [-0.05, 0) is 29.8 Å². The molecule has 36 heavy (non-hydrogen) atoms. The van der Waals surface area contributed by atoms with Gasteiger partial charge < -0.3 is 19.9 Å². The van der Waals surface area contributed by atoms with E-state index >= 15 is 0 Å². The lowest BCUT2D eigenvalue weighted by Gasteiger charge is -2.23. The van der Waals surface area contributed by atoms with Crippen molar-refractivity contribution in [3.8, 4) is 0 Å². The summed E-state index contributed by atoms with van der Waals surface area (Å²) in [5, 5.41) is 6.87. The summed E-state index contributed by atoms with van der Waals surface area (Å²) >= 11 is 0. The van der Waals surface area contributed by atoms with Crippen molar-refractivity contribution in [1.82, 2.24) is 24.8 Å². The number of amides is 1. The van der Waals surface area contributed by atoms with Crippen LogP contribution in [0.15, 0.2) is 61.1 Å². The molecule has 5 rings (SSSR count). The molecule has 0 spiro atoms. The van der Waals surface area contributed by atoms with Gasteiger partial charge in [-0.15, -0.1) is 0 Å². The lowest BCUT2D eigenvalue weighted by Crippen LogP contribution is -2.38. The van der Waals surface area contributed by atoms with E-state index < -0.39 is 10.0 Å². The van der Waals surface area contributed by atoms with E-state index in [1.807, 2.05) is 47.2 Å². The number of hydrogen-bond donors (Lipinski definition) is 2. The number of morpholine rings is 1. The van der Waals surface area contributed by atoms with Gasteiger partial charge in [-0.3, -0.25) is 9.10 Å². The molecule has 3 aromatic heterocycles. The Bertz CT molecular complexity index is 1510. The first-order chi connectivity index (χ1) is 17.3. The Morgan fingerprint density at radius 1 is 1.19 bits per heavy atom. The number of carbonyl (C=O) groups is 1. The monoisotopic (exact) mass is 507 g/mol. The third-order valence-corrected chi connectivity index (χ3v) is 7.11. The van der Waals surface area contributed by atoms with Gasteiger partial charge in [0.1, 0.15) is 24.2 Å². The largest absolute Gasteiger partial charge is 0.362 e. The molecule has 4 aromatic rings. The number of fused-ring (bicyclic) bond motifs is 1. The van der Waals surface area contributed by atoms with Crippen molar-refractivity contribution >= 4 is 44.4 Å². The molecule has 1 aliphatic heterocycles. The van der Waals surface area contributed by atoms with Gasteiger partial charge >= 0.3 is 0 Å². The number of sulfonamides is 1. The molecule has 1 fully saturated rings. The van der Waals surface area contributed by atoms with Gasteiger partial charge in [0.05, 0.1) is 12.8 Å². The van der Waals surface area contributed by atoms with Gasteiger partial charge in [0.15, 0.2) is 0 Å². The van der Waals surface area contributed by atoms with Gasteiger partial charge in [0.25, 0.3) is 0 Å². The van der Waals surface area contributed by atoms with Crippen LogP contribution in [0.25, 0.3) is 11.0 Å². The first-order valence-corrected chi connectivity index (χ1v) is 13.1. The smallest absolute Gasteiger partial charge is 0.246 e. The van der Waals surface area contributed by atoms with Crippen molar-refractivity contribution in [1.29, 1.82) is 0 Å². The van der Waals surface area contributed by atoms with Crippen LogP contribution in [0.4, 0.5) is 17.5 Å². The summed E-state index contributed by atoms with van der Waals surface area (Å²) in [5.41, 5.74) is 3.22. The molecule has 1 aromatic carbocycles. The second-order valence-electron chi connectivity index (χ2n) is 8.48. The van der Waals surface area contributed by atoms with E-state index in [1.165, 1.54) is 11.4 Å². The summed E-state index contributed by atoms with van der Waals surface area (Å²) in [7, 11) is -1.97. The molecular weight excluding hydrogens is 482 g/mol. The summed E-state index contributed by atoms with van der Waals surface area (Å²) < 4.78 is 32.8. The topological polar surface area (TPSA) is 131 Å². The predicted octanol–water partition coefficient (Wildman–Crippen LogP) is 2.20. The van der Waals surface area contributed by atoms with Crippen LogP contribution in [-0.4, -0.2) is 60.3 Å². The fraction of sp³-hybridized carbons (Fsp3) is 0.250. The standard InChI is InChI=1S/C24H25N7O4S/c1-30(36(2,33)34)22-18(4-3-10-25-22)14-31-11-9-17-12-27-24(29-23(17)31)28-19-7-5-16(6-8-19)20-13-26-21(32)15-35-20/h3-12,20H,13-15H2,1-2H3,(H,26,32)(H,27,28,29). The van der Waals surface area contributed by atoms with Crippen molar-refractivity contribution in [2.75, 3.05) is 36.1 Å². The van der Waals surface area contributed by atoms with Crippen LogP contribution in [0.3, 0.4) is 0 Å². The summed E-state index contributed by atoms with van der Waals surface area (Å²) in [5.74, 6) is 0.691. The number of pyridine rings is 1. The zero-order chi connectivity index (χ0) is 25.3. The maximum absolute atomic E-state index is 12.1. The maximum Gasteiger partial charge on any atom is 0.246 e. The zero-order valence-electron chi connectivity index (χ0n) is 19.7. The Kier molecular flexibility index (Phi) is 6.29. The number of ether oxygens (including phenoxy) is 1. The molecule has 186 valence electrons. The Hall–Kier alpha value is -4.03. The number of benzene rings is 1. The third-order valence-electron chi connectivity index (χ3n) is 5.94. The molecule has 1 aliphatic rings. The predicted molar refractivity (Wildman–Crippen MR) is 136 cm³/mol. The molecule has 1 unspecified atom stereocenters. The number of carbonyl (C=O) groups excluding carboxylic acids is 1. The molecular formula is C24H25N7O4S. The Morgan fingerprint density at radius 3 is 2.72 bits per heavy atom. The van der Waals surface area contributed by atoms with Crippen molar-refractivity contribution in [3.05, 3.63) is 72.2 Å². The number of hydrogen-bond acceptors (Lipinski definition) is 8. The van der Waals surface area contributed by atoms with Crippen molar-refractivity contribution in [2.24, 2.45) is 0 Å². The van der Waals surface area contributed by atoms with E-state index in [4.69, 9.17) is 4.74 Å². The molecule has 1 atom stereocenters. The molecule has 1 amide bonds. The number of nitrogens with zero attached hydrogens (tertiary/aromatic N) is 5. The molecule has 11 nitrogen and oxygen atoms in total. The molecule has 0 saturated carbocycles. The van der Waals surface area contributed by atoms with Gasteiger partial charge in [-0.25, -0.2) is 18.4 Å². The average molecular weight is 508 g/mol. The Morgan fingerprint density at radius 2 is 2.00 bits per heavy atom. The highest BCUT2D eigenvalue weighted by molar-refractivity contribution is 7.92. The molecule has 1 saturated heterocycles. The minimum Gasteiger partial charge on any atom is -0.362 e. The fourth-order valence-corrected chi connectivity index (χ4v) is 4.43. The SMILES string of the molecule is CN(c1ncccc1Cn1ccc2cnc(Nc3ccc(C4CNC(=O)CO4)cc3)nc21)S(C)(=O)=O. The van der Waals surface area contributed by atoms with Crippen LogP contribution in [-0.2, 0) is 26.1 Å². The van der Waals surface area contributed by atoms with E-state index in [-0.39, 0.29) is 18.6 Å². The van der Waals surface area contributed by atoms with Crippen LogP contribution in [0, 0.1) is 0 Å². The molecule has 2 N–H and O–H groups in total. The van der Waals surface area contributed by atoms with Crippen LogP contribution < -0.4 is 14.9 Å². The van der Waals surface area contributed by atoms with Crippen molar-refractivity contribution in [2.45, 2.75) is 12.6 Å². The third kappa shape index (κ3) is 4.99. The molecule has 4 heterocycles. The Labute approximate surface area is 208 Å². The number of rotatable bonds is 7. The van der Waals surface area contributed by atoms with Crippen LogP contribution in [0.2, 0.25) is 0 Å². The minimum atomic E-state index is -3.45. The lowest BCUT2D eigenvalue weighted by molar-refractivity contribution is -0.133. The molecule has 0 radical (unpaired) electrons. The van der Waals surface area contributed by atoms with E-state index in [9.17, 15) is 13.2 Å². The summed E-state index contributed by atoms with van der Waals surface area (Å²) in [4.78, 5) is 24.7. The van der Waals surface area contributed by atoms with Crippen LogP contribution in [0.5, 0.6) is 0 Å². The summed E-state index contributed by atoms with van der Waals surface area (Å²) in [6, 6.07) is 13.2. The Balaban J connectivity index is 1.36. The number of aromatic nitrogens is 4. The van der Waals surface area contributed by atoms with Crippen molar-refractivity contribution in [3.63, 3.8) is 0 Å². The van der Waals surface area contributed by atoms with Gasteiger partial charge in [0.2, 0.25) is 21.9 Å². The van der Waals surface area contributed by atoms with E-state index in [0.717, 1.165) is 28.5 Å². The number of nitrogens with one attached hydrogen (secondary N) is 2. The van der Waals surface area contributed by atoms with E-state index in [1.54, 1.807) is 18.5 Å². The first kappa shape index (κ1) is 23.7. The lowest BCUT2D eigenvalue weighted by atomic mass is 10.1. The zero-order valence-corrected chi connectivity index (χ0v) is 20.6. The van der Waals surface area contributed by atoms with Gasteiger partial charge in [0, 0.05) is 48.8 Å². The van der Waals surface area contributed by atoms with E-state index in [0.29, 0.717) is 30.5 Å². The highest BCUT2D eigenvalue weighted by Crippen LogP contribution is 2.24. The number of anilines is 3. The summed E-state index contributed by atoms with van der Waals surface area (Å²) in [6.07, 6.45) is 6.17. The fourth-order valence-electron chi connectivity index (χ4n) is 3.95. The highest BCUT2D eigenvalue weighted by Gasteiger charge is 2.20. The second-order valence-corrected chi connectivity index (χ2v) is 10.5. The highest BCUT2D eigenvalue weighted by atomic mass is 32.2. The van der Waals surface area contributed by atoms with Gasteiger partial charge in [-0.2, -0.15) is 4.98 Å². The maximum atomic E-state index is 12.1. The second kappa shape index (κ2) is 9.55. The molecule has 12 heteroatoms.